The molecule has 0 bridgehead atoms. The van der Waals surface area contributed by atoms with Crippen molar-refractivity contribution < 1.29 is 8.42 Å². The lowest BCUT2D eigenvalue weighted by atomic mass is 9.72. The van der Waals surface area contributed by atoms with Crippen LogP contribution in [0.2, 0.25) is 0 Å². The van der Waals surface area contributed by atoms with Crippen LogP contribution in [0.5, 0.6) is 0 Å². The molecule has 0 radical (unpaired) electrons. The second-order valence-electron chi connectivity index (χ2n) is 6.23. The van der Waals surface area contributed by atoms with Crippen molar-refractivity contribution in [3.63, 3.8) is 0 Å². The molecule has 19 heavy (non-hydrogen) atoms. The smallest absolute Gasteiger partial charge is 0.147 e. The molecule has 0 aromatic rings. The first-order chi connectivity index (χ1) is 8.96. The zero-order valence-corrected chi connectivity index (χ0v) is 13.6. The summed E-state index contributed by atoms with van der Waals surface area (Å²) in [6.07, 6.45) is 8.44. The fourth-order valence-electron chi connectivity index (χ4n) is 3.25. The van der Waals surface area contributed by atoms with E-state index in [0.717, 1.165) is 31.8 Å². The molecule has 1 N–H and O–H groups in total. The van der Waals surface area contributed by atoms with E-state index in [4.69, 9.17) is 0 Å². The van der Waals surface area contributed by atoms with E-state index < -0.39 is 9.84 Å². The van der Waals surface area contributed by atoms with Crippen molar-refractivity contribution >= 4 is 9.84 Å². The lowest BCUT2D eigenvalue weighted by molar-refractivity contribution is 0.168. The summed E-state index contributed by atoms with van der Waals surface area (Å²) < 4.78 is 22.8. The van der Waals surface area contributed by atoms with Crippen LogP contribution >= 0.6 is 0 Å². The average molecular weight is 289 g/mol. The van der Waals surface area contributed by atoms with Gasteiger partial charge >= 0.3 is 0 Å². The summed E-state index contributed by atoms with van der Waals surface area (Å²) in [6, 6.07) is 0. The van der Waals surface area contributed by atoms with Gasteiger partial charge in [0.25, 0.3) is 0 Å². The predicted molar refractivity (Wildman–Crippen MR) is 82.1 cm³/mol. The Morgan fingerprint density at radius 2 is 1.89 bits per heavy atom. The van der Waals surface area contributed by atoms with Gasteiger partial charge in [0.1, 0.15) is 9.84 Å². The lowest BCUT2D eigenvalue weighted by Crippen LogP contribution is -2.34. The minimum Gasteiger partial charge on any atom is -0.316 e. The number of nitrogens with one attached hydrogen (secondary N) is 1. The molecule has 1 aliphatic rings. The monoisotopic (exact) mass is 289 g/mol. The Kier molecular flexibility index (Phi) is 7.37. The zero-order valence-electron chi connectivity index (χ0n) is 12.8. The fraction of sp³-hybridized carbons (Fsp3) is 1.00. The van der Waals surface area contributed by atoms with Crippen molar-refractivity contribution in [2.75, 3.05) is 25.1 Å². The molecule has 0 spiro atoms. The van der Waals surface area contributed by atoms with Crippen molar-refractivity contribution in [1.29, 1.82) is 0 Å². The Balaban J connectivity index is 2.50. The third-order valence-corrected chi connectivity index (χ3v) is 5.50. The van der Waals surface area contributed by atoms with Crippen LogP contribution in [-0.4, -0.2) is 33.5 Å². The summed E-state index contributed by atoms with van der Waals surface area (Å²) in [4.78, 5) is 0. The highest BCUT2D eigenvalue weighted by molar-refractivity contribution is 7.90. The molecule has 1 saturated carbocycles. The maximum Gasteiger partial charge on any atom is 0.147 e. The quantitative estimate of drug-likeness (QED) is 0.699. The van der Waals surface area contributed by atoms with E-state index in [1.807, 2.05) is 0 Å². The van der Waals surface area contributed by atoms with Gasteiger partial charge in [0, 0.05) is 6.26 Å². The highest BCUT2D eigenvalue weighted by atomic mass is 32.2. The number of hydrogen-bond acceptors (Lipinski definition) is 3. The molecule has 0 heterocycles. The van der Waals surface area contributed by atoms with Crippen LogP contribution in [0.15, 0.2) is 0 Å². The molecule has 3 nitrogen and oxygen atoms in total. The summed E-state index contributed by atoms with van der Waals surface area (Å²) in [5.41, 5.74) is 0. The second-order valence-corrected chi connectivity index (χ2v) is 8.49. The third-order valence-electron chi connectivity index (χ3n) is 4.52. The Hall–Kier alpha value is -0.0900. The molecular weight excluding hydrogens is 258 g/mol. The van der Waals surface area contributed by atoms with E-state index in [2.05, 4.69) is 19.2 Å². The Morgan fingerprint density at radius 1 is 1.16 bits per heavy atom. The first kappa shape index (κ1) is 17.0. The first-order valence-corrected chi connectivity index (χ1v) is 9.90. The van der Waals surface area contributed by atoms with Crippen LogP contribution in [0.3, 0.4) is 0 Å². The highest BCUT2D eigenvalue weighted by Gasteiger charge is 2.29. The molecular formula is C15H31NO2S. The Morgan fingerprint density at radius 3 is 2.47 bits per heavy atom. The van der Waals surface area contributed by atoms with Crippen LogP contribution in [0, 0.1) is 17.8 Å². The molecule has 1 rings (SSSR count). The minimum absolute atomic E-state index is 0.360. The van der Waals surface area contributed by atoms with Crippen LogP contribution in [0.1, 0.15) is 52.4 Å². The van der Waals surface area contributed by atoms with E-state index in [0.29, 0.717) is 17.6 Å². The number of sulfone groups is 1. The van der Waals surface area contributed by atoms with E-state index >= 15 is 0 Å². The van der Waals surface area contributed by atoms with Gasteiger partial charge in [-0.2, -0.15) is 0 Å². The standard InChI is InChI=1S/C15H31NO2S/c1-4-9-16-12-15-7-6-13(5-2)11-14(15)8-10-19(3,17)18/h13-16H,4-12H2,1-3H3. The Bertz CT molecular complexity index is 338. The maximum atomic E-state index is 11.4. The van der Waals surface area contributed by atoms with Crippen LogP contribution in [0.25, 0.3) is 0 Å². The van der Waals surface area contributed by atoms with Gasteiger partial charge in [-0.3, -0.25) is 0 Å². The molecule has 1 fully saturated rings. The number of rotatable bonds is 8. The van der Waals surface area contributed by atoms with Crippen molar-refractivity contribution in [1.82, 2.24) is 5.32 Å². The highest BCUT2D eigenvalue weighted by Crippen LogP contribution is 2.37. The van der Waals surface area contributed by atoms with Gasteiger partial charge in [-0.15, -0.1) is 0 Å². The summed E-state index contributed by atoms with van der Waals surface area (Å²) >= 11 is 0. The average Bonchev–Trinajstić information content (AvgIpc) is 2.36. The van der Waals surface area contributed by atoms with E-state index in [-0.39, 0.29) is 0 Å². The summed E-state index contributed by atoms with van der Waals surface area (Å²) in [6.45, 7) is 6.58. The van der Waals surface area contributed by atoms with Crippen LogP contribution < -0.4 is 5.32 Å². The third kappa shape index (κ3) is 6.75. The van der Waals surface area contributed by atoms with Gasteiger partial charge < -0.3 is 5.32 Å². The van der Waals surface area contributed by atoms with E-state index in [1.165, 1.54) is 31.9 Å². The SMILES string of the molecule is CCCNCC1CCC(CC)CC1CCS(C)(=O)=O. The molecule has 1 aliphatic carbocycles. The first-order valence-electron chi connectivity index (χ1n) is 7.84. The lowest BCUT2D eigenvalue weighted by Gasteiger charge is -2.36. The predicted octanol–water partition coefficient (Wildman–Crippen LogP) is 2.86. The normalized spacial score (nSPS) is 28.5. The molecule has 114 valence electrons. The second kappa shape index (κ2) is 8.25. The minimum atomic E-state index is -2.82. The van der Waals surface area contributed by atoms with Gasteiger partial charge in [0.2, 0.25) is 0 Å². The van der Waals surface area contributed by atoms with Crippen molar-refractivity contribution in [2.45, 2.75) is 52.4 Å². The van der Waals surface area contributed by atoms with Crippen molar-refractivity contribution in [3.8, 4) is 0 Å². The molecule has 0 aliphatic heterocycles. The maximum absolute atomic E-state index is 11.4. The fourth-order valence-corrected chi connectivity index (χ4v) is 3.98. The number of hydrogen-bond donors (Lipinski definition) is 1. The van der Waals surface area contributed by atoms with Gasteiger partial charge in [-0.05, 0) is 56.5 Å². The van der Waals surface area contributed by atoms with E-state index in [1.54, 1.807) is 0 Å². The van der Waals surface area contributed by atoms with Crippen LogP contribution in [-0.2, 0) is 9.84 Å². The summed E-state index contributed by atoms with van der Waals surface area (Å²) in [5.74, 6) is 2.44. The molecule has 0 aromatic heterocycles. The van der Waals surface area contributed by atoms with Crippen molar-refractivity contribution in [3.05, 3.63) is 0 Å². The summed E-state index contributed by atoms with van der Waals surface area (Å²) in [5, 5.41) is 3.52. The Labute approximate surface area is 119 Å². The summed E-state index contributed by atoms with van der Waals surface area (Å²) in [7, 11) is -2.82. The molecule has 3 unspecified atom stereocenters. The molecule has 4 heteroatoms. The van der Waals surface area contributed by atoms with Gasteiger partial charge in [0.05, 0.1) is 5.75 Å². The topological polar surface area (TPSA) is 46.2 Å². The largest absolute Gasteiger partial charge is 0.316 e. The van der Waals surface area contributed by atoms with Crippen molar-refractivity contribution in [2.24, 2.45) is 17.8 Å². The van der Waals surface area contributed by atoms with Gasteiger partial charge in [0.15, 0.2) is 0 Å². The van der Waals surface area contributed by atoms with Crippen LogP contribution in [0.4, 0.5) is 0 Å². The van der Waals surface area contributed by atoms with Gasteiger partial charge in [-0.25, -0.2) is 8.42 Å². The molecule has 0 aromatic carbocycles. The molecule has 3 atom stereocenters. The molecule has 0 amide bonds. The van der Waals surface area contributed by atoms with Gasteiger partial charge in [-0.1, -0.05) is 26.7 Å². The zero-order chi connectivity index (χ0) is 14.3. The van der Waals surface area contributed by atoms with E-state index in [9.17, 15) is 8.42 Å². The molecule has 0 saturated heterocycles.